The van der Waals surface area contributed by atoms with Gasteiger partial charge in [-0.2, -0.15) is 0 Å². The maximum absolute atomic E-state index is 11.5. The lowest BCUT2D eigenvalue weighted by molar-refractivity contribution is -0.123. The van der Waals surface area contributed by atoms with Gasteiger partial charge in [0.05, 0.1) is 18.7 Å². The first kappa shape index (κ1) is 15.7. The highest BCUT2D eigenvalue weighted by molar-refractivity contribution is 5.95. The number of nitrogens with one attached hydrogen (secondary N) is 2. The number of ether oxygens (including phenoxy) is 1. The van der Waals surface area contributed by atoms with Crippen LogP contribution in [0.3, 0.4) is 0 Å². The van der Waals surface area contributed by atoms with E-state index in [1.54, 1.807) is 38.1 Å². The normalized spacial score (nSPS) is 9.70. The molecule has 108 valence electrons. The number of hydrogen-bond donors (Lipinski definition) is 2. The summed E-state index contributed by atoms with van der Waals surface area (Å²) in [4.78, 5) is 34.0. The predicted octanol–water partition coefficient (Wildman–Crippen LogP) is 1.33. The molecule has 0 aliphatic carbocycles. The molecule has 0 aromatic heterocycles. The molecule has 0 unspecified atom stereocenters. The predicted molar refractivity (Wildman–Crippen MR) is 74.3 cm³/mol. The van der Waals surface area contributed by atoms with Crippen LogP contribution >= 0.6 is 0 Å². The van der Waals surface area contributed by atoms with E-state index in [0.717, 1.165) is 0 Å². The van der Waals surface area contributed by atoms with Crippen molar-refractivity contribution in [3.05, 3.63) is 29.8 Å². The minimum atomic E-state index is -0.402. The summed E-state index contributed by atoms with van der Waals surface area (Å²) in [7, 11) is 0. The second-order valence-electron chi connectivity index (χ2n) is 3.98. The lowest BCUT2D eigenvalue weighted by atomic mass is 10.2. The highest BCUT2D eigenvalue weighted by Gasteiger charge is 2.07. The Morgan fingerprint density at radius 2 is 1.70 bits per heavy atom. The van der Waals surface area contributed by atoms with Gasteiger partial charge in [0.2, 0.25) is 11.8 Å². The monoisotopic (exact) mass is 278 g/mol. The molecule has 20 heavy (non-hydrogen) atoms. The number of carbonyl (C=O) groups excluding carboxylic acids is 3. The Bertz CT molecular complexity index is 482. The highest BCUT2D eigenvalue weighted by atomic mass is 16.5. The third kappa shape index (κ3) is 5.09. The van der Waals surface area contributed by atoms with Crippen LogP contribution in [0.1, 0.15) is 30.6 Å². The van der Waals surface area contributed by atoms with Crippen molar-refractivity contribution < 1.29 is 19.1 Å². The molecule has 0 aliphatic rings. The van der Waals surface area contributed by atoms with Crippen LogP contribution in [-0.2, 0) is 14.3 Å². The molecular weight excluding hydrogens is 260 g/mol. The molecule has 2 N–H and O–H groups in total. The largest absolute Gasteiger partial charge is 0.462 e. The molecular formula is C14H18N2O4. The van der Waals surface area contributed by atoms with E-state index < -0.39 is 5.97 Å². The molecule has 6 nitrogen and oxygen atoms in total. The van der Waals surface area contributed by atoms with Crippen molar-refractivity contribution >= 4 is 23.5 Å². The number of amides is 2. The van der Waals surface area contributed by atoms with E-state index in [-0.39, 0.29) is 18.4 Å². The molecule has 0 saturated carbocycles. The van der Waals surface area contributed by atoms with Gasteiger partial charge >= 0.3 is 5.97 Å². The van der Waals surface area contributed by atoms with Crippen LogP contribution in [0.4, 0.5) is 5.69 Å². The Hall–Kier alpha value is -2.37. The van der Waals surface area contributed by atoms with Crippen molar-refractivity contribution in [2.45, 2.75) is 20.3 Å². The zero-order valence-electron chi connectivity index (χ0n) is 11.6. The first-order valence-electron chi connectivity index (χ1n) is 6.40. The number of hydrogen-bond acceptors (Lipinski definition) is 4. The topological polar surface area (TPSA) is 84.5 Å². The average molecular weight is 278 g/mol. The first-order valence-corrected chi connectivity index (χ1v) is 6.40. The SMILES string of the molecule is CCOC(=O)c1ccc(NC(=O)CNC(=O)CC)cc1. The van der Waals surface area contributed by atoms with Gasteiger partial charge in [-0.05, 0) is 31.2 Å². The van der Waals surface area contributed by atoms with Gasteiger partial charge in [0.15, 0.2) is 0 Å². The lowest BCUT2D eigenvalue weighted by Crippen LogP contribution is -2.32. The molecule has 6 heteroatoms. The fraction of sp³-hybridized carbons (Fsp3) is 0.357. The number of benzene rings is 1. The third-order valence-corrected chi connectivity index (χ3v) is 2.45. The molecule has 1 aromatic rings. The second kappa shape index (κ2) is 7.93. The second-order valence-corrected chi connectivity index (χ2v) is 3.98. The first-order chi connectivity index (χ1) is 9.56. The van der Waals surface area contributed by atoms with E-state index in [1.165, 1.54) is 0 Å². The van der Waals surface area contributed by atoms with Gasteiger partial charge in [-0.25, -0.2) is 4.79 Å². The summed E-state index contributed by atoms with van der Waals surface area (Å²) in [5, 5.41) is 5.09. The molecule has 0 saturated heterocycles. The number of esters is 1. The number of rotatable bonds is 6. The van der Waals surface area contributed by atoms with Crippen LogP contribution in [-0.4, -0.2) is 30.9 Å². The van der Waals surface area contributed by atoms with Gasteiger partial charge in [-0.15, -0.1) is 0 Å². The van der Waals surface area contributed by atoms with Crippen LogP contribution in [0, 0.1) is 0 Å². The molecule has 1 rings (SSSR count). The maximum Gasteiger partial charge on any atom is 0.338 e. The van der Waals surface area contributed by atoms with Crippen LogP contribution in [0.25, 0.3) is 0 Å². The summed E-state index contributed by atoms with van der Waals surface area (Å²) in [6, 6.07) is 6.34. The Labute approximate surface area is 117 Å². The summed E-state index contributed by atoms with van der Waals surface area (Å²) >= 11 is 0. The average Bonchev–Trinajstić information content (AvgIpc) is 2.45. The minimum Gasteiger partial charge on any atom is -0.462 e. The zero-order valence-corrected chi connectivity index (χ0v) is 11.6. The molecule has 0 fully saturated rings. The van der Waals surface area contributed by atoms with E-state index in [0.29, 0.717) is 24.3 Å². The molecule has 1 aromatic carbocycles. The fourth-order valence-corrected chi connectivity index (χ4v) is 1.41. The zero-order chi connectivity index (χ0) is 15.0. The Morgan fingerprint density at radius 3 is 2.25 bits per heavy atom. The summed E-state index contributed by atoms with van der Waals surface area (Å²) in [5.41, 5.74) is 0.970. The molecule has 0 atom stereocenters. The number of anilines is 1. The minimum absolute atomic E-state index is 0.0771. The van der Waals surface area contributed by atoms with Crippen LogP contribution < -0.4 is 10.6 Å². The van der Waals surface area contributed by atoms with Crippen molar-refractivity contribution in [2.24, 2.45) is 0 Å². The van der Waals surface area contributed by atoms with Crippen LogP contribution in [0.15, 0.2) is 24.3 Å². The third-order valence-electron chi connectivity index (χ3n) is 2.45. The fourth-order valence-electron chi connectivity index (χ4n) is 1.41. The number of carbonyl (C=O) groups is 3. The van der Waals surface area contributed by atoms with Crippen molar-refractivity contribution in [3.8, 4) is 0 Å². The van der Waals surface area contributed by atoms with Crippen molar-refractivity contribution in [2.75, 3.05) is 18.5 Å². The van der Waals surface area contributed by atoms with Gasteiger partial charge in [-0.1, -0.05) is 6.92 Å². The molecule has 0 heterocycles. The Morgan fingerprint density at radius 1 is 1.05 bits per heavy atom. The van der Waals surface area contributed by atoms with Gasteiger partial charge in [0.25, 0.3) is 0 Å². The smallest absolute Gasteiger partial charge is 0.338 e. The van der Waals surface area contributed by atoms with E-state index in [9.17, 15) is 14.4 Å². The van der Waals surface area contributed by atoms with Gasteiger partial charge in [0, 0.05) is 12.1 Å². The Kier molecular flexibility index (Phi) is 6.22. The van der Waals surface area contributed by atoms with Crippen LogP contribution in [0.2, 0.25) is 0 Å². The quantitative estimate of drug-likeness (QED) is 0.769. The van der Waals surface area contributed by atoms with Crippen molar-refractivity contribution in [3.63, 3.8) is 0 Å². The summed E-state index contributed by atoms with van der Waals surface area (Å²) in [6.07, 6.45) is 0.335. The van der Waals surface area contributed by atoms with Gasteiger partial charge < -0.3 is 15.4 Å². The summed E-state index contributed by atoms with van der Waals surface area (Å²) < 4.78 is 4.85. The Balaban J connectivity index is 2.50. The van der Waals surface area contributed by atoms with Crippen molar-refractivity contribution in [1.82, 2.24) is 5.32 Å². The molecule has 2 amide bonds. The molecule has 0 radical (unpaired) electrons. The molecule has 0 aliphatic heterocycles. The molecule has 0 spiro atoms. The van der Waals surface area contributed by atoms with E-state index in [1.807, 2.05) is 0 Å². The van der Waals surface area contributed by atoms with Crippen LogP contribution in [0.5, 0.6) is 0 Å². The molecule has 0 bridgehead atoms. The van der Waals surface area contributed by atoms with Gasteiger partial charge in [0.1, 0.15) is 0 Å². The van der Waals surface area contributed by atoms with E-state index in [2.05, 4.69) is 10.6 Å². The van der Waals surface area contributed by atoms with Gasteiger partial charge in [-0.3, -0.25) is 9.59 Å². The summed E-state index contributed by atoms with van der Waals surface area (Å²) in [6.45, 7) is 3.68. The van der Waals surface area contributed by atoms with E-state index >= 15 is 0 Å². The van der Waals surface area contributed by atoms with E-state index in [4.69, 9.17) is 4.74 Å². The summed E-state index contributed by atoms with van der Waals surface area (Å²) in [5.74, 6) is -0.908. The lowest BCUT2D eigenvalue weighted by Gasteiger charge is -2.07. The maximum atomic E-state index is 11.5. The standard InChI is InChI=1S/C14H18N2O4/c1-3-12(17)15-9-13(18)16-11-7-5-10(6-8-11)14(19)20-4-2/h5-8H,3-4,9H2,1-2H3,(H,15,17)(H,16,18). The highest BCUT2D eigenvalue weighted by Crippen LogP contribution is 2.10. The van der Waals surface area contributed by atoms with Crippen molar-refractivity contribution in [1.29, 1.82) is 0 Å².